The Labute approximate surface area is 120 Å². The number of aromatic nitrogens is 2. The van der Waals surface area contributed by atoms with Gasteiger partial charge in [-0.1, -0.05) is 12.1 Å². The summed E-state index contributed by atoms with van der Waals surface area (Å²) in [6.07, 6.45) is 3.16. The summed E-state index contributed by atoms with van der Waals surface area (Å²) in [5, 5.41) is 7.35. The lowest BCUT2D eigenvalue weighted by Gasteiger charge is -2.24. The van der Waals surface area contributed by atoms with Gasteiger partial charge in [-0.3, -0.25) is 0 Å². The molecule has 1 aromatic heterocycles. The molecule has 1 atom stereocenters. The minimum absolute atomic E-state index is 0.288. The summed E-state index contributed by atoms with van der Waals surface area (Å²) in [6, 6.07) is 0. The van der Waals surface area contributed by atoms with E-state index >= 15 is 0 Å². The number of ether oxygens (including phenoxy) is 2. The molecule has 6 heteroatoms. The minimum Gasteiger partial charge on any atom is -0.368 e. The third-order valence-electron chi connectivity index (χ3n) is 3.81. The monoisotopic (exact) mass is 283 g/mol. The highest BCUT2D eigenvalue weighted by atomic mass is 16.5. The summed E-state index contributed by atoms with van der Waals surface area (Å²) in [5.41, 5.74) is -0.481. The molecule has 1 saturated heterocycles. The first-order valence-electron chi connectivity index (χ1n) is 7.47. The Morgan fingerprint density at radius 3 is 2.75 bits per heavy atom. The number of hydrogen-bond acceptors (Lipinski definition) is 6. The lowest BCUT2D eigenvalue weighted by molar-refractivity contribution is -0.0403. The number of nitrogens with zero attached hydrogens (tertiary/aromatic N) is 2. The molecule has 0 bridgehead atoms. The summed E-state index contributed by atoms with van der Waals surface area (Å²) in [5.74, 6) is 1.13. The Hall–Kier alpha value is -0.980. The van der Waals surface area contributed by atoms with Crippen molar-refractivity contribution >= 4 is 0 Å². The smallest absolute Gasteiger partial charge is 0.252 e. The van der Waals surface area contributed by atoms with E-state index in [0.29, 0.717) is 24.9 Å². The predicted octanol–water partition coefficient (Wildman–Crippen LogP) is 2.00. The zero-order valence-electron chi connectivity index (χ0n) is 12.6. The lowest BCUT2D eigenvalue weighted by atomic mass is 10.0. The van der Waals surface area contributed by atoms with E-state index in [2.05, 4.69) is 22.4 Å². The van der Waals surface area contributed by atoms with Crippen LogP contribution in [0.1, 0.15) is 51.7 Å². The highest BCUT2D eigenvalue weighted by Crippen LogP contribution is 2.26. The molecule has 114 valence electrons. The molecule has 0 radical (unpaired) electrons. The van der Waals surface area contributed by atoms with Crippen molar-refractivity contribution in [2.45, 2.75) is 58.3 Å². The number of nitrogens with one attached hydrogen (secondary N) is 1. The van der Waals surface area contributed by atoms with Crippen LogP contribution in [-0.4, -0.2) is 35.9 Å². The van der Waals surface area contributed by atoms with Crippen LogP contribution in [0, 0.1) is 0 Å². The minimum atomic E-state index is -0.481. The van der Waals surface area contributed by atoms with Gasteiger partial charge in [0.2, 0.25) is 5.82 Å². The first-order chi connectivity index (χ1) is 9.68. The van der Waals surface area contributed by atoms with E-state index in [1.165, 1.54) is 0 Å². The first kappa shape index (κ1) is 15.4. The topological polar surface area (TPSA) is 69.4 Å². The van der Waals surface area contributed by atoms with Crippen molar-refractivity contribution in [1.29, 1.82) is 0 Å². The van der Waals surface area contributed by atoms with Crippen molar-refractivity contribution in [3.63, 3.8) is 0 Å². The molecule has 0 aliphatic carbocycles. The van der Waals surface area contributed by atoms with Gasteiger partial charge in [0.1, 0.15) is 12.2 Å². The van der Waals surface area contributed by atoms with Crippen LogP contribution in [-0.2, 0) is 21.7 Å². The second-order valence-corrected chi connectivity index (χ2v) is 5.29. The standard InChI is InChI=1S/C14H25N3O3/c1-4-14(3,19-5-2)13-16-12(20-17-13)10-18-11-6-8-15-9-7-11/h11,15H,4-10H2,1-3H3. The molecule has 1 aromatic rings. The summed E-state index contributed by atoms with van der Waals surface area (Å²) >= 11 is 0. The highest BCUT2D eigenvalue weighted by Gasteiger charge is 2.31. The Balaban J connectivity index is 1.90. The normalized spacial score (nSPS) is 19.9. The Bertz CT molecular complexity index is 404. The molecule has 0 aromatic carbocycles. The molecule has 1 aliphatic rings. The van der Waals surface area contributed by atoms with Gasteiger partial charge in [0.25, 0.3) is 5.89 Å². The molecule has 2 rings (SSSR count). The quantitative estimate of drug-likeness (QED) is 0.825. The second-order valence-electron chi connectivity index (χ2n) is 5.29. The largest absolute Gasteiger partial charge is 0.368 e. The van der Waals surface area contributed by atoms with Gasteiger partial charge >= 0.3 is 0 Å². The number of piperidine rings is 1. The van der Waals surface area contributed by atoms with E-state index in [-0.39, 0.29) is 6.10 Å². The molecule has 1 fully saturated rings. The van der Waals surface area contributed by atoms with Crippen LogP contribution in [0.4, 0.5) is 0 Å². The number of rotatable bonds is 7. The van der Waals surface area contributed by atoms with Gasteiger partial charge in [0.05, 0.1) is 6.10 Å². The molecule has 20 heavy (non-hydrogen) atoms. The van der Waals surface area contributed by atoms with Crippen molar-refractivity contribution in [3.8, 4) is 0 Å². The van der Waals surface area contributed by atoms with Gasteiger partial charge in [-0.15, -0.1) is 0 Å². The van der Waals surface area contributed by atoms with Gasteiger partial charge < -0.3 is 19.3 Å². The van der Waals surface area contributed by atoms with Crippen LogP contribution in [0.3, 0.4) is 0 Å². The third-order valence-corrected chi connectivity index (χ3v) is 3.81. The van der Waals surface area contributed by atoms with Crippen molar-refractivity contribution in [2.24, 2.45) is 0 Å². The van der Waals surface area contributed by atoms with Crippen LogP contribution in [0.15, 0.2) is 4.52 Å². The highest BCUT2D eigenvalue weighted by molar-refractivity contribution is 4.98. The Morgan fingerprint density at radius 1 is 1.35 bits per heavy atom. The van der Waals surface area contributed by atoms with E-state index < -0.39 is 5.60 Å². The summed E-state index contributed by atoms with van der Waals surface area (Å²) in [6.45, 7) is 9.03. The maximum Gasteiger partial charge on any atom is 0.252 e. The van der Waals surface area contributed by atoms with Crippen molar-refractivity contribution in [1.82, 2.24) is 15.5 Å². The molecular weight excluding hydrogens is 258 g/mol. The van der Waals surface area contributed by atoms with Crippen molar-refractivity contribution in [3.05, 3.63) is 11.7 Å². The van der Waals surface area contributed by atoms with Gasteiger partial charge in [-0.25, -0.2) is 0 Å². The van der Waals surface area contributed by atoms with Gasteiger partial charge in [-0.2, -0.15) is 4.98 Å². The van der Waals surface area contributed by atoms with Crippen LogP contribution >= 0.6 is 0 Å². The lowest BCUT2D eigenvalue weighted by Crippen LogP contribution is -2.32. The summed E-state index contributed by atoms with van der Waals surface area (Å²) in [7, 11) is 0. The van der Waals surface area contributed by atoms with E-state index in [9.17, 15) is 0 Å². The van der Waals surface area contributed by atoms with E-state index in [4.69, 9.17) is 14.0 Å². The predicted molar refractivity (Wildman–Crippen MR) is 74.2 cm³/mol. The average Bonchev–Trinajstić information content (AvgIpc) is 2.96. The fourth-order valence-electron chi connectivity index (χ4n) is 2.32. The Kier molecular flexibility index (Phi) is 5.51. The molecular formula is C14H25N3O3. The molecule has 1 N–H and O–H groups in total. The van der Waals surface area contributed by atoms with E-state index in [0.717, 1.165) is 32.4 Å². The van der Waals surface area contributed by atoms with Crippen LogP contribution < -0.4 is 5.32 Å². The maximum atomic E-state index is 5.81. The molecule has 1 unspecified atom stereocenters. The fraction of sp³-hybridized carbons (Fsp3) is 0.857. The third kappa shape index (κ3) is 3.77. The van der Waals surface area contributed by atoms with E-state index in [1.807, 2.05) is 13.8 Å². The molecule has 0 spiro atoms. The second kappa shape index (κ2) is 7.15. The summed E-state index contributed by atoms with van der Waals surface area (Å²) < 4.78 is 16.8. The molecule has 6 nitrogen and oxygen atoms in total. The zero-order chi connectivity index (χ0) is 14.4. The van der Waals surface area contributed by atoms with Crippen LogP contribution in [0.25, 0.3) is 0 Å². The van der Waals surface area contributed by atoms with Crippen molar-refractivity contribution in [2.75, 3.05) is 19.7 Å². The molecule has 0 saturated carbocycles. The van der Waals surface area contributed by atoms with Gasteiger partial charge in [-0.05, 0) is 46.2 Å². The maximum absolute atomic E-state index is 5.81. The van der Waals surface area contributed by atoms with Crippen LogP contribution in [0.5, 0.6) is 0 Å². The van der Waals surface area contributed by atoms with Gasteiger partial charge in [0, 0.05) is 6.61 Å². The Morgan fingerprint density at radius 2 is 2.10 bits per heavy atom. The molecule has 2 heterocycles. The van der Waals surface area contributed by atoms with Crippen molar-refractivity contribution < 1.29 is 14.0 Å². The summed E-state index contributed by atoms with van der Waals surface area (Å²) in [4.78, 5) is 4.41. The van der Waals surface area contributed by atoms with Gasteiger partial charge in [0.15, 0.2) is 0 Å². The molecule has 1 aliphatic heterocycles. The van der Waals surface area contributed by atoms with E-state index in [1.54, 1.807) is 0 Å². The molecule has 0 amide bonds. The SMILES string of the molecule is CCOC(C)(CC)c1noc(COC2CCNCC2)n1. The number of hydrogen-bond donors (Lipinski definition) is 1. The van der Waals surface area contributed by atoms with Crippen LogP contribution in [0.2, 0.25) is 0 Å². The average molecular weight is 283 g/mol. The zero-order valence-corrected chi connectivity index (χ0v) is 12.6. The fourth-order valence-corrected chi connectivity index (χ4v) is 2.32. The first-order valence-corrected chi connectivity index (χ1v) is 7.47.